The van der Waals surface area contributed by atoms with Gasteiger partial charge in [0.25, 0.3) is 0 Å². The van der Waals surface area contributed by atoms with Gasteiger partial charge in [-0.25, -0.2) is 4.39 Å². The number of ether oxygens (including phenoxy) is 2. The molecule has 4 nitrogen and oxygen atoms in total. The van der Waals surface area contributed by atoms with Crippen LogP contribution in [0.15, 0.2) is 18.7 Å². The van der Waals surface area contributed by atoms with E-state index < -0.39 is 17.8 Å². The third-order valence-corrected chi connectivity index (χ3v) is 3.52. The first kappa shape index (κ1) is 21.9. The summed E-state index contributed by atoms with van der Waals surface area (Å²) in [6, 6.07) is 2.59. The highest BCUT2D eigenvalue weighted by Gasteiger charge is 2.18. The maximum absolute atomic E-state index is 14.1. The zero-order valence-electron chi connectivity index (χ0n) is 16.4. The monoisotopic (exact) mass is 364 g/mol. The molecule has 0 fully saturated rings. The summed E-state index contributed by atoms with van der Waals surface area (Å²) in [6.07, 6.45) is -0.137. The summed E-state index contributed by atoms with van der Waals surface area (Å²) in [5, 5.41) is 0. The molecule has 0 spiro atoms. The van der Waals surface area contributed by atoms with Gasteiger partial charge in [-0.05, 0) is 47.6 Å². The lowest BCUT2D eigenvalue weighted by atomic mass is 9.92. The summed E-state index contributed by atoms with van der Waals surface area (Å²) in [4.78, 5) is 24.1. The van der Waals surface area contributed by atoms with Gasteiger partial charge in [0.05, 0.1) is 26.1 Å². The lowest BCUT2D eigenvalue weighted by molar-refractivity contribution is -0.144. The summed E-state index contributed by atoms with van der Waals surface area (Å²) in [5.74, 6) is -0.926. The fourth-order valence-corrected chi connectivity index (χ4v) is 2.48. The maximum Gasteiger partial charge on any atom is 0.310 e. The molecule has 0 radical (unpaired) electrons. The first-order valence-corrected chi connectivity index (χ1v) is 8.88. The Morgan fingerprint density at radius 2 is 1.35 bits per heavy atom. The van der Waals surface area contributed by atoms with E-state index in [1.807, 2.05) is 27.7 Å². The number of carbonyl (C=O) groups excluding carboxylic acids is 2. The number of halogens is 1. The topological polar surface area (TPSA) is 52.6 Å². The van der Waals surface area contributed by atoms with E-state index in [1.165, 1.54) is 12.1 Å². The lowest BCUT2D eigenvalue weighted by Crippen LogP contribution is -2.16. The molecular weight excluding hydrogens is 335 g/mol. The van der Waals surface area contributed by atoms with Crippen LogP contribution in [-0.4, -0.2) is 25.2 Å². The van der Waals surface area contributed by atoms with Crippen molar-refractivity contribution in [3.63, 3.8) is 0 Å². The predicted molar refractivity (Wildman–Crippen MR) is 100 cm³/mol. The van der Waals surface area contributed by atoms with Crippen LogP contribution in [0.5, 0.6) is 0 Å². The summed E-state index contributed by atoms with van der Waals surface area (Å²) in [5.41, 5.74) is 2.22. The Labute approximate surface area is 155 Å². The van der Waals surface area contributed by atoms with Gasteiger partial charge in [-0.2, -0.15) is 0 Å². The average molecular weight is 364 g/mol. The van der Waals surface area contributed by atoms with Crippen LogP contribution < -0.4 is 0 Å². The van der Waals surface area contributed by atoms with Crippen molar-refractivity contribution in [3.8, 4) is 0 Å². The highest BCUT2D eigenvalue weighted by atomic mass is 19.1. The van der Waals surface area contributed by atoms with E-state index in [2.05, 4.69) is 6.58 Å². The highest BCUT2D eigenvalue weighted by Crippen LogP contribution is 2.26. The molecule has 1 aromatic carbocycles. The minimum Gasteiger partial charge on any atom is -0.465 e. The van der Waals surface area contributed by atoms with Crippen molar-refractivity contribution in [2.45, 2.75) is 47.5 Å². The van der Waals surface area contributed by atoms with Crippen LogP contribution in [0.1, 0.15) is 51.3 Å². The van der Waals surface area contributed by atoms with E-state index >= 15 is 0 Å². The summed E-state index contributed by atoms with van der Waals surface area (Å²) < 4.78 is 24.4. The Balaban J connectivity index is 3.04. The molecular formula is C21H29FO4. The largest absolute Gasteiger partial charge is 0.465 e. The summed E-state index contributed by atoms with van der Waals surface area (Å²) >= 11 is 0. The molecule has 0 aliphatic rings. The molecule has 1 rings (SSSR count). The Bertz CT molecular complexity index is 615. The molecule has 1 aromatic rings. The zero-order valence-corrected chi connectivity index (χ0v) is 16.4. The van der Waals surface area contributed by atoms with Crippen molar-refractivity contribution >= 4 is 17.5 Å². The second-order valence-electron chi connectivity index (χ2n) is 7.39. The SMILES string of the molecule is C=C(C)c1c(CC(=O)OCC(C)C)cc(F)cc1CC(=O)OCC(C)C. The van der Waals surface area contributed by atoms with E-state index in [1.54, 1.807) is 6.92 Å². The number of rotatable bonds is 9. The van der Waals surface area contributed by atoms with Crippen LogP contribution in [0, 0.1) is 17.7 Å². The van der Waals surface area contributed by atoms with E-state index in [9.17, 15) is 14.0 Å². The molecule has 0 atom stereocenters. The molecule has 0 saturated carbocycles. The standard InChI is InChI=1S/C21H29FO4/c1-13(2)11-25-19(23)9-16-7-18(22)8-17(21(16)15(5)6)10-20(24)26-12-14(3)4/h7-8,13-14H,5,9-12H2,1-4,6H3. The van der Waals surface area contributed by atoms with Crippen LogP contribution in [0.25, 0.3) is 5.57 Å². The third-order valence-electron chi connectivity index (χ3n) is 3.52. The second-order valence-corrected chi connectivity index (χ2v) is 7.39. The molecule has 144 valence electrons. The van der Waals surface area contributed by atoms with Crippen LogP contribution >= 0.6 is 0 Å². The Kier molecular flexibility index (Phi) is 8.49. The normalized spacial score (nSPS) is 10.9. The van der Waals surface area contributed by atoms with Gasteiger partial charge in [-0.1, -0.05) is 39.8 Å². The molecule has 26 heavy (non-hydrogen) atoms. The van der Waals surface area contributed by atoms with Crippen molar-refractivity contribution in [1.82, 2.24) is 0 Å². The van der Waals surface area contributed by atoms with Gasteiger partial charge < -0.3 is 9.47 Å². The Morgan fingerprint density at radius 1 is 0.962 bits per heavy atom. The summed E-state index contributed by atoms with van der Waals surface area (Å²) in [6.45, 7) is 14.1. The first-order chi connectivity index (χ1) is 12.1. The number of hydrogen-bond acceptors (Lipinski definition) is 4. The van der Waals surface area contributed by atoms with E-state index in [4.69, 9.17) is 9.47 Å². The number of benzene rings is 1. The van der Waals surface area contributed by atoms with Gasteiger partial charge in [0, 0.05) is 0 Å². The summed E-state index contributed by atoms with van der Waals surface area (Å²) in [7, 11) is 0. The molecule has 0 amide bonds. The molecule has 0 bridgehead atoms. The zero-order chi connectivity index (χ0) is 19.9. The Morgan fingerprint density at radius 3 is 1.65 bits per heavy atom. The van der Waals surface area contributed by atoms with E-state index in [0.29, 0.717) is 35.5 Å². The van der Waals surface area contributed by atoms with Crippen molar-refractivity contribution in [1.29, 1.82) is 0 Å². The quantitative estimate of drug-likeness (QED) is 0.612. The molecule has 0 unspecified atom stereocenters. The van der Waals surface area contributed by atoms with Crippen LogP contribution in [0.3, 0.4) is 0 Å². The van der Waals surface area contributed by atoms with Crippen molar-refractivity contribution in [2.24, 2.45) is 11.8 Å². The molecule has 5 heteroatoms. The number of carbonyl (C=O) groups is 2. The molecule has 0 N–H and O–H groups in total. The maximum atomic E-state index is 14.1. The Hall–Kier alpha value is -2.17. The fraction of sp³-hybridized carbons (Fsp3) is 0.524. The van der Waals surface area contributed by atoms with Gasteiger partial charge in [0.2, 0.25) is 0 Å². The second kappa shape index (κ2) is 10.1. The highest BCUT2D eigenvalue weighted by molar-refractivity contribution is 5.80. The molecule has 0 aliphatic heterocycles. The van der Waals surface area contributed by atoms with E-state index in [0.717, 1.165) is 0 Å². The number of allylic oxidation sites excluding steroid dienone is 1. The molecule has 0 saturated heterocycles. The van der Waals surface area contributed by atoms with Gasteiger partial charge in [0.1, 0.15) is 5.82 Å². The number of esters is 2. The molecule has 0 aliphatic carbocycles. The first-order valence-electron chi connectivity index (χ1n) is 8.88. The van der Waals surface area contributed by atoms with Gasteiger partial charge >= 0.3 is 11.9 Å². The molecule has 0 aromatic heterocycles. The van der Waals surface area contributed by atoms with Gasteiger partial charge in [0.15, 0.2) is 0 Å². The van der Waals surface area contributed by atoms with Crippen molar-refractivity contribution in [3.05, 3.63) is 41.2 Å². The average Bonchev–Trinajstić information content (AvgIpc) is 2.50. The minimum absolute atomic E-state index is 0.0687. The van der Waals surface area contributed by atoms with Crippen molar-refractivity contribution < 1.29 is 23.5 Å². The molecule has 0 heterocycles. The number of hydrogen-bond donors (Lipinski definition) is 0. The minimum atomic E-state index is -0.506. The third kappa shape index (κ3) is 7.38. The van der Waals surface area contributed by atoms with Crippen LogP contribution in [0.4, 0.5) is 4.39 Å². The predicted octanol–water partition coefficient (Wildman–Crippen LogP) is 4.34. The lowest BCUT2D eigenvalue weighted by Gasteiger charge is -2.16. The fourth-order valence-electron chi connectivity index (χ4n) is 2.48. The van der Waals surface area contributed by atoms with Gasteiger partial charge in [-0.3, -0.25) is 9.59 Å². The van der Waals surface area contributed by atoms with Crippen LogP contribution in [-0.2, 0) is 31.9 Å². The van der Waals surface area contributed by atoms with Crippen molar-refractivity contribution in [2.75, 3.05) is 13.2 Å². The van der Waals surface area contributed by atoms with Crippen LogP contribution in [0.2, 0.25) is 0 Å². The van der Waals surface area contributed by atoms with Gasteiger partial charge in [-0.15, -0.1) is 0 Å². The smallest absolute Gasteiger partial charge is 0.310 e. The van der Waals surface area contributed by atoms with E-state index in [-0.39, 0.29) is 24.7 Å².